The average Bonchev–Trinajstić information content (AvgIpc) is 3.32. The molecule has 8 nitrogen and oxygen atoms in total. The van der Waals surface area contributed by atoms with Crippen LogP contribution in [-0.4, -0.2) is 56.2 Å². The summed E-state index contributed by atoms with van der Waals surface area (Å²) in [5.41, 5.74) is 1.40. The molecule has 1 aliphatic carbocycles. The van der Waals surface area contributed by atoms with Crippen molar-refractivity contribution < 1.29 is 17.6 Å². The fourth-order valence-corrected chi connectivity index (χ4v) is 5.46. The zero-order chi connectivity index (χ0) is 21.1. The molecule has 2 atom stereocenters. The molecule has 0 amide bonds. The maximum Gasteiger partial charge on any atom is 0.318 e. The first kappa shape index (κ1) is 21.3. The minimum Gasteiger partial charge on any atom is -0.408 e. The average molecular weight is 435 g/mol. The van der Waals surface area contributed by atoms with Gasteiger partial charge < -0.3 is 14.1 Å². The zero-order valence-electron chi connectivity index (χ0n) is 17.5. The van der Waals surface area contributed by atoms with Crippen LogP contribution >= 0.6 is 0 Å². The van der Waals surface area contributed by atoms with Crippen LogP contribution in [0, 0.1) is 6.92 Å². The summed E-state index contributed by atoms with van der Waals surface area (Å²) in [6, 6.07) is 10.7. The van der Waals surface area contributed by atoms with Crippen molar-refractivity contribution in [2.75, 3.05) is 24.3 Å². The molecule has 1 saturated carbocycles. The number of nitrogens with one attached hydrogen (secondary N) is 1. The summed E-state index contributed by atoms with van der Waals surface area (Å²) in [4.78, 5) is 1.97. The van der Waals surface area contributed by atoms with Gasteiger partial charge in [-0.05, 0) is 43.6 Å². The van der Waals surface area contributed by atoms with E-state index in [2.05, 4.69) is 45.3 Å². The fourth-order valence-electron chi connectivity index (χ4n) is 4.63. The van der Waals surface area contributed by atoms with Gasteiger partial charge in [0.15, 0.2) is 0 Å². The summed E-state index contributed by atoms with van der Waals surface area (Å²) in [6.45, 7) is 2.81. The van der Waals surface area contributed by atoms with Crippen LogP contribution in [0.5, 0.6) is 0 Å². The Labute approximate surface area is 178 Å². The summed E-state index contributed by atoms with van der Waals surface area (Å²) in [5, 5.41) is 8.04. The van der Waals surface area contributed by atoms with Gasteiger partial charge in [0.1, 0.15) is 0 Å². The van der Waals surface area contributed by atoms with Crippen molar-refractivity contribution in [1.29, 1.82) is 0 Å². The van der Waals surface area contributed by atoms with Crippen LogP contribution in [0.15, 0.2) is 34.7 Å². The Morgan fingerprint density at radius 2 is 1.87 bits per heavy atom. The lowest BCUT2D eigenvalue weighted by Crippen LogP contribution is -2.48. The lowest BCUT2D eigenvalue weighted by atomic mass is 9.83. The molecule has 0 unspecified atom stereocenters. The van der Waals surface area contributed by atoms with Crippen molar-refractivity contribution in [2.24, 2.45) is 0 Å². The first-order valence-electron chi connectivity index (χ1n) is 10.6. The van der Waals surface area contributed by atoms with Crippen molar-refractivity contribution in [3.05, 3.63) is 41.8 Å². The molecule has 30 heavy (non-hydrogen) atoms. The Morgan fingerprint density at radius 1 is 1.13 bits per heavy atom. The number of benzene rings is 1. The predicted octanol–water partition coefficient (Wildman–Crippen LogP) is 2.62. The van der Waals surface area contributed by atoms with Crippen LogP contribution in [0.4, 0.5) is 6.01 Å². The summed E-state index contributed by atoms with van der Waals surface area (Å²) in [6.07, 6.45) is 6.29. The topological polar surface area (TPSA) is 97.6 Å². The number of aromatic nitrogens is 2. The largest absolute Gasteiger partial charge is 0.408 e. The number of ether oxygens (including phenoxy) is 1. The van der Waals surface area contributed by atoms with E-state index in [-0.39, 0.29) is 18.2 Å². The molecule has 1 aromatic carbocycles. The second kappa shape index (κ2) is 9.03. The molecule has 1 saturated heterocycles. The van der Waals surface area contributed by atoms with Gasteiger partial charge in [-0.3, -0.25) is 0 Å². The molecule has 0 radical (unpaired) electrons. The van der Waals surface area contributed by atoms with E-state index >= 15 is 0 Å². The van der Waals surface area contributed by atoms with E-state index < -0.39 is 10.0 Å². The molecule has 9 heteroatoms. The number of rotatable bonds is 7. The molecule has 0 spiro atoms. The highest BCUT2D eigenvalue weighted by Gasteiger charge is 2.39. The molecular formula is C21H30N4O4S. The van der Waals surface area contributed by atoms with Gasteiger partial charge in [0.05, 0.1) is 25.0 Å². The Hall–Kier alpha value is -1.97. The van der Waals surface area contributed by atoms with Gasteiger partial charge in [0.25, 0.3) is 0 Å². The quantitative estimate of drug-likeness (QED) is 0.715. The predicted molar refractivity (Wildman–Crippen MR) is 114 cm³/mol. The molecule has 1 aromatic heterocycles. The number of nitrogens with zero attached hydrogens (tertiary/aromatic N) is 3. The van der Waals surface area contributed by atoms with E-state index in [9.17, 15) is 8.42 Å². The smallest absolute Gasteiger partial charge is 0.318 e. The third-order valence-corrected chi connectivity index (χ3v) is 6.85. The summed E-state index contributed by atoms with van der Waals surface area (Å²) < 4.78 is 38.3. The van der Waals surface area contributed by atoms with Crippen molar-refractivity contribution >= 4 is 16.0 Å². The monoisotopic (exact) mass is 434 g/mol. The van der Waals surface area contributed by atoms with Crippen LogP contribution in [0.25, 0.3) is 0 Å². The molecule has 2 heterocycles. The molecule has 164 valence electrons. The minimum absolute atomic E-state index is 0.175. The van der Waals surface area contributed by atoms with Gasteiger partial charge in [0.2, 0.25) is 15.9 Å². The standard InChI is InChI=1S/C21H30N4O4S/c1-15-22-23-21(29-15)25-13-12-19(24-30(2,26)27)20(25)14-28-18-10-8-17(9-11-18)16-6-4-3-5-7-16/h3-7,17-20,24H,8-14H2,1-2H3/t17?,18?,19-,20-/m0/s1. The lowest BCUT2D eigenvalue weighted by molar-refractivity contribution is 0.0152. The molecule has 1 aliphatic heterocycles. The highest BCUT2D eigenvalue weighted by atomic mass is 32.2. The second-order valence-corrected chi connectivity index (χ2v) is 10.1. The Kier molecular flexibility index (Phi) is 6.40. The van der Waals surface area contributed by atoms with Crippen molar-refractivity contribution in [2.45, 2.75) is 63.1 Å². The van der Waals surface area contributed by atoms with E-state index in [1.807, 2.05) is 4.90 Å². The molecule has 0 bridgehead atoms. The van der Waals surface area contributed by atoms with E-state index in [1.54, 1.807) is 6.92 Å². The SMILES string of the molecule is Cc1nnc(N2CC[C@H](NS(C)(=O)=O)[C@@H]2COC2CCC(c3ccccc3)CC2)o1. The highest BCUT2D eigenvalue weighted by Crippen LogP contribution is 2.34. The van der Waals surface area contributed by atoms with E-state index in [4.69, 9.17) is 9.15 Å². The van der Waals surface area contributed by atoms with Crippen LogP contribution in [-0.2, 0) is 14.8 Å². The molecule has 2 aromatic rings. The fraction of sp³-hybridized carbons (Fsp3) is 0.619. The summed E-state index contributed by atoms with van der Waals surface area (Å²) >= 11 is 0. The number of hydrogen-bond acceptors (Lipinski definition) is 7. The Balaban J connectivity index is 1.37. The molecule has 1 N–H and O–H groups in total. The minimum atomic E-state index is -3.32. The first-order chi connectivity index (χ1) is 14.4. The molecule has 4 rings (SSSR count). The molecule has 2 fully saturated rings. The van der Waals surface area contributed by atoms with E-state index in [1.165, 1.54) is 11.8 Å². The third kappa shape index (κ3) is 5.19. The van der Waals surface area contributed by atoms with Crippen molar-refractivity contribution in [3.63, 3.8) is 0 Å². The van der Waals surface area contributed by atoms with Crippen molar-refractivity contribution in [3.8, 4) is 0 Å². The van der Waals surface area contributed by atoms with Gasteiger partial charge in [-0.1, -0.05) is 35.4 Å². The number of sulfonamides is 1. The molecular weight excluding hydrogens is 404 g/mol. The highest BCUT2D eigenvalue weighted by molar-refractivity contribution is 7.88. The number of anilines is 1. The second-order valence-electron chi connectivity index (χ2n) is 8.37. The van der Waals surface area contributed by atoms with Crippen molar-refractivity contribution in [1.82, 2.24) is 14.9 Å². The lowest BCUT2D eigenvalue weighted by Gasteiger charge is -2.32. The van der Waals surface area contributed by atoms with E-state index in [0.717, 1.165) is 25.7 Å². The van der Waals surface area contributed by atoms with Crippen LogP contribution in [0.2, 0.25) is 0 Å². The first-order valence-corrected chi connectivity index (χ1v) is 12.5. The van der Waals surface area contributed by atoms with Gasteiger partial charge in [-0.25, -0.2) is 13.1 Å². The van der Waals surface area contributed by atoms with E-state index in [0.29, 0.717) is 37.4 Å². The maximum atomic E-state index is 11.8. The Bertz CT molecular complexity index is 925. The zero-order valence-corrected chi connectivity index (χ0v) is 18.3. The van der Waals surface area contributed by atoms with Crippen LogP contribution in [0.3, 0.4) is 0 Å². The maximum absolute atomic E-state index is 11.8. The van der Waals surface area contributed by atoms with Crippen LogP contribution in [0.1, 0.15) is 49.5 Å². The summed E-state index contributed by atoms with van der Waals surface area (Å²) in [5.74, 6) is 1.08. The van der Waals surface area contributed by atoms with Crippen LogP contribution < -0.4 is 9.62 Å². The van der Waals surface area contributed by atoms with Gasteiger partial charge >= 0.3 is 6.01 Å². The van der Waals surface area contributed by atoms with Gasteiger partial charge in [-0.2, -0.15) is 0 Å². The number of hydrogen-bond donors (Lipinski definition) is 1. The summed E-state index contributed by atoms with van der Waals surface area (Å²) in [7, 11) is -3.32. The van der Waals surface area contributed by atoms with Gasteiger partial charge in [-0.15, -0.1) is 5.10 Å². The Morgan fingerprint density at radius 3 is 2.50 bits per heavy atom. The normalized spacial score (nSPS) is 27.5. The third-order valence-electron chi connectivity index (χ3n) is 6.12. The number of aryl methyl sites for hydroxylation is 1. The molecule has 2 aliphatic rings. The van der Waals surface area contributed by atoms with Gasteiger partial charge in [0, 0.05) is 19.5 Å².